The summed E-state index contributed by atoms with van der Waals surface area (Å²) >= 11 is 5.06. The average Bonchev–Trinajstić information content (AvgIpc) is 2.66. The van der Waals surface area contributed by atoms with Gasteiger partial charge >= 0.3 is 0 Å². The van der Waals surface area contributed by atoms with Crippen LogP contribution in [0.25, 0.3) is 0 Å². The summed E-state index contributed by atoms with van der Waals surface area (Å²) in [6.07, 6.45) is 1.08. The number of Topliss-reactive ketones (excluding diaryl/α,β-unsaturated/α-hetero) is 1. The predicted molar refractivity (Wildman–Crippen MR) is 68.0 cm³/mol. The number of halogens is 1. The highest BCUT2D eigenvalue weighted by molar-refractivity contribution is 9.10. The Morgan fingerprint density at radius 1 is 1.69 bits per heavy atom. The second-order valence-corrected chi connectivity index (χ2v) is 5.69. The Bertz CT molecular complexity index is 361. The molecule has 1 aliphatic heterocycles. The van der Waals surface area contributed by atoms with Gasteiger partial charge in [-0.25, -0.2) is 0 Å². The van der Waals surface area contributed by atoms with Gasteiger partial charge < -0.3 is 10.1 Å². The Morgan fingerprint density at radius 2 is 2.56 bits per heavy atom. The summed E-state index contributed by atoms with van der Waals surface area (Å²) in [5.74, 6) is 0.270. The second kappa shape index (κ2) is 5.91. The van der Waals surface area contributed by atoms with Crippen molar-refractivity contribution in [2.24, 2.45) is 0 Å². The number of ketones is 1. The molecular formula is C11H14BrNO2S. The second-order valence-electron chi connectivity index (χ2n) is 3.84. The lowest BCUT2D eigenvalue weighted by molar-refractivity contribution is -0.119. The molecule has 1 atom stereocenters. The lowest BCUT2D eigenvalue weighted by Gasteiger charge is -2.23. The van der Waals surface area contributed by atoms with E-state index in [1.165, 1.54) is 0 Å². The van der Waals surface area contributed by atoms with Gasteiger partial charge in [0.2, 0.25) is 0 Å². The summed E-state index contributed by atoms with van der Waals surface area (Å²) in [6, 6.07) is 2.18. The number of carbonyl (C=O) groups excluding carboxylic acids is 1. The van der Waals surface area contributed by atoms with E-state index in [0.29, 0.717) is 19.4 Å². The summed E-state index contributed by atoms with van der Waals surface area (Å²) in [4.78, 5) is 12.9. The zero-order valence-corrected chi connectivity index (χ0v) is 11.3. The fourth-order valence-electron chi connectivity index (χ4n) is 1.73. The van der Waals surface area contributed by atoms with Gasteiger partial charge in [0.05, 0.1) is 13.2 Å². The molecule has 1 saturated heterocycles. The normalized spacial score (nSPS) is 20.9. The van der Waals surface area contributed by atoms with Crippen molar-refractivity contribution >= 4 is 33.0 Å². The minimum atomic E-state index is 0.194. The number of rotatable bonds is 4. The van der Waals surface area contributed by atoms with E-state index in [0.717, 1.165) is 22.5 Å². The molecule has 3 nitrogen and oxygen atoms in total. The first-order valence-corrected chi connectivity index (χ1v) is 6.97. The van der Waals surface area contributed by atoms with Gasteiger partial charge in [-0.3, -0.25) is 4.79 Å². The highest BCUT2D eigenvalue weighted by Crippen LogP contribution is 2.23. The van der Waals surface area contributed by atoms with Crippen molar-refractivity contribution in [1.82, 2.24) is 5.32 Å². The molecule has 0 aromatic carbocycles. The van der Waals surface area contributed by atoms with Crippen LogP contribution in [0.2, 0.25) is 0 Å². The molecule has 0 radical (unpaired) electrons. The van der Waals surface area contributed by atoms with Gasteiger partial charge in [0, 0.05) is 34.8 Å². The maximum atomic E-state index is 11.8. The van der Waals surface area contributed by atoms with Crippen LogP contribution in [0.15, 0.2) is 15.9 Å². The first-order chi connectivity index (χ1) is 7.75. The molecule has 1 unspecified atom stereocenters. The largest absolute Gasteiger partial charge is 0.379 e. The Balaban J connectivity index is 1.82. The van der Waals surface area contributed by atoms with Crippen LogP contribution >= 0.6 is 27.3 Å². The molecule has 16 heavy (non-hydrogen) atoms. The van der Waals surface area contributed by atoms with E-state index < -0.39 is 0 Å². The van der Waals surface area contributed by atoms with E-state index in [9.17, 15) is 4.79 Å². The third-order valence-corrected chi connectivity index (χ3v) is 4.45. The van der Waals surface area contributed by atoms with Gasteiger partial charge in [-0.05, 0) is 27.4 Å². The SMILES string of the molecule is O=C(Cc1sccc1Br)CC1COCCN1. The minimum absolute atomic E-state index is 0.194. The van der Waals surface area contributed by atoms with Gasteiger partial charge in [0.25, 0.3) is 0 Å². The smallest absolute Gasteiger partial charge is 0.139 e. The monoisotopic (exact) mass is 303 g/mol. The lowest BCUT2D eigenvalue weighted by Crippen LogP contribution is -2.42. The number of nitrogens with one attached hydrogen (secondary N) is 1. The zero-order chi connectivity index (χ0) is 11.4. The molecule has 2 heterocycles. The highest BCUT2D eigenvalue weighted by Gasteiger charge is 2.17. The summed E-state index contributed by atoms with van der Waals surface area (Å²) in [7, 11) is 0. The van der Waals surface area contributed by atoms with Crippen LogP contribution in [0.4, 0.5) is 0 Å². The van der Waals surface area contributed by atoms with Crippen molar-refractivity contribution in [2.45, 2.75) is 18.9 Å². The van der Waals surface area contributed by atoms with Crippen LogP contribution in [0, 0.1) is 0 Å². The van der Waals surface area contributed by atoms with E-state index in [1.54, 1.807) is 11.3 Å². The van der Waals surface area contributed by atoms with Crippen molar-refractivity contribution in [3.05, 3.63) is 20.8 Å². The van der Waals surface area contributed by atoms with E-state index >= 15 is 0 Å². The summed E-state index contributed by atoms with van der Waals surface area (Å²) < 4.78 is 6.36. The highest BCUT2D eigenvalue weighted by atomic mass is 79.9. The molecule has 1 aliphatic rings. The molecule has 0 amide bonds. The number of morpholine rings is 1. The average molecular weight is 304 g/mol. The van der Waals surface area contributed by atoms with E-state index in [1.807, 2.05) is 11.4 Å². The zero-order valence-electron chi connectivity index (χ0n) is 8.87. The Hall–Kier alpha value is -0.230. The van der Waals surface area contributed by atoms with Crippen molar-refractivity contribution in [1.29, 1.82) is 0 Å². The maximum Gasteiger partial charge on any atom is 0.139 e. The molecule has 1 fully saturated rings. The molecule has 2 rings (SSSR count). The molecule has 88 valence electrons. The maximum absolute atomic E-state index is 11.8. The molecule has 1 aromatic rings. The quantitative estimate of drug-likeness (QED) is 0.924. The topological polar surface area (TPSA) is 38.3 Å². The minimum Gasteiger partial charge on any atom is -0.379 e. The van der Waals surface area contributed by atoms with Gasteiger partial charge in [-0.2, -0.15) is 0 Å². The third-order valence-electron chi connectivity index (χ3n) is 2.52. The van der Waals surface area contributed by atoms with Crippen molar-refractivity contribution in [2.75, 3.05) is 19.8 Å². The summed E-state index contributed by atoms with van der Waals surface area (Å²) in [5.41, 5.74) is 0. The van der Waals surface area contributed by atoms with Crippen LogP contribution in [0.5, 0.6) is 0 Å². The summed E-state index contributed by atoms with van der Waals surface area (Å²) in [5, 5.41) is 5.28. The molecule has 0 saturated carbocycles. The molecule has 5 heteroatoms. The number of hydrogen-bond donors (Lipinski definition) is 1. The van der Waals surface area contributed by atoms with Crippen molar-refractivity contribution < 1.29 is 9.53 Å². The number of carbonyl (C=O) groups is 1. The van der Waals surface area contributed by atoms with Crippen molar-refractivity contribution in [3.8, 4) is 0 Å². The van der Waals surface area contributed by atoms with Gasteiger partial charge in [0.15, 0.2) is 0 Å². The van der Waals surface area contributed by atoms with E-state index in [4.69, 9.17) is 4.74 Å². The number of thiophene rings is 1. The Kier molecular flexibility index (Phi) is 4.52. The first kappa shape index (κ1) is 12.2. The molecule has 0 spiro atoms. The molecule has 1 N–H and O–H groups in total. The first-order valence-electron chi connectivity index (χ1n) is 5.30. The Labute approximate surface area is 107 Å². The Morgan fingerprint density at radius 3 is 3.19 bits per heavy atom. The number of ether oxygens (including phenoxy) is 1. The van der Waals surface area contributed by atoms with Crippen LogP contribution in [0.3, 0.4) is 0 Å². The predicted octanol–water partition coefficient (Wildman–Crippen LogP) is 2.00. The van der Waals surface area contributed by atoms with Gasteiger partial charge in [0.1, 0.15) is 5.78 Å². The van der Waals surface area contributed by atoms with Crippen molar-refractivity contribution in [3.63, 3.8) is 0 Å². The summed E-state index contributed by atoms with van der Waals surface area (Å²) in [6.45, 7) is 2.25. The van der Waals surface area contributed by atoms with Gasteiger partial charge in [-0.1, -0.05) is 0 Å². The fraction of sp³-hybridized carbons (Fsp3) is 0.545. The van der Waals surface area contributed by atoms with E-state index in [-0.39, 0.29) is 11.8 Å². The molecular weight excluding hydrogens is 290 g/mol. The fourth-order valence-corrected chi connectivity index (χ4v) is 3.25. The lowest BCUT2D eigenvalue weighted by atomic mass is 10.1. The van der Waals surface area contributed by atoms with Crippen LogP contribution in [-0.4, -0.2) is 31.6 Å². The van der Waals surface area contributed by atoms with Crippen LogP contribution in [0.1, 0.15) is 11.3 Å². The molecule has 1 aromatic heterocycles. The standard InChI is InChI=1S/C11H14BrNO2S/c12-10-1-4-16-11(10)6-9(14)5-8-7-15-3-2-13-8/h1,4,8,13H,2-3,5-7H2. The van der Waals surface area contributed by atoms with Crippen LogP contribution < -0.4 is 5.32 Å². The molecule has 0 aliphatic carbocycles. The number of hydrogen-bond acceptors (Lipinski definition) is 4. The molecule has 0 bridgehead atoms. The van der Waals surface area contributed by atoms with Gasteiger partial charge in [-0.15, -0.1) is 11.3 Å². The third kappa shape index (κ3) is 3.38. The van der Waals surface area contributed by atoms with E-state index in [2.05, 4.69) is 21.2 Å². The van der Waals surface area contributed by atoms with Crippen LogP contribution in [-0.2, 0) is 16.0 Å².